The molecule has 2 bridgehead atoms. The zero-order valence-corrected chi connectivity index (χ0v) is 19.2. The number of thioether (sulfide) groups is 1. The molecule has 1 saturated heterocycles. The molecule has 0 aromatic heterocycles. The number of carbonyl (C=O) groups excluding carboxylic acids is 1. The zero-order valence-electron chi connectivity index (χ0n) is 18.4. The van der Waals surface area contributed by atoms with Gasteiger partial charge in [0.25, 0.3) is 0 Å². The van der Waals surface area contributed by atoms with Crippen molar-refractivity contribution in [1.29, 1.82) is 0 Å². The van der Waals surface area contributed by atoms with Crippen LogP contribution >= 0.6 is 11.8 Å². The van der Waals surface area contributed by atoms with Gasteiger partial charge in [-0.25, -0.2) is 4.79 Å². The van der Waals surface area contributed by atoms with E-state index in [0.29, 0.717) is 12.5 Å². The normalized spacial score (nSPS) is 26.6. The Kier molecular flexibility index (Phi) is 5.63. The molecule has 0 unspecified atom stereocenters. The Hall–Kier alpha value is -2.14. The van der Waals surface area contributed by atoms with E-state index in [2.05, 4.69) is 18.4 Å². The lowest BCUT2D eigenvalue weighted by Crippen LogP contribution is -2.62. The van der Waals surface area contributed by atoms with E-state index in [-0.39, 0.29) is 17.6 Å². The molecule has 0 N–H and O–H groups in total. The first kappa shape index (κ1) is 20.7. The minimum absolute atomic E-state index is 0.157. The zero-order chi connectivity index (χ0) is 21.4. The topological polar surface area (TPSA) is 38.8 Å². The minimum atomic E-state index is -0.157. The number of hydrogen-bond acceptors (Lipinski definition) is 4. The monoisotopic (exact) mass is 437 g/mol. The summed E-state index contributed by atoms with van der Waals surface area (Å²) in [6.07, 6.45) is 8.81. The molecule has 2 aliphatic carbocycles. The number of benzene rings is 2. The SMILES string of the molecule is COc1cc2c(cc1SC)C[C@H]1[C@H]3CCCC[C@@]23CCN1C(=O)OCc1ccccc1. The van der Waals surface area contributed by atoms with Crippen LogP contribution in [0.2, 0.25) is 0 Å². The van der Waals surface area contributed by atoms with Crippen LogP contribution in [0.15, 0.2) is 47.4 Å². The van der Waals surface area contributed by atoms with Crippen LogP contribution in [0.5, 0.6) is 5.75 Å². The molecule has 2 aromatic carbocycles. The second-order valence-corrected chi connectivity index (χ2v) is 9.98. The molecule has 1 amide bonds. The van der Waals surface area contributed by atoms with Crippen LogP contribution in [0.1, 0.15) is 48.8 Å². The number of ether oxygens (including phenoxy) is 2. The number of piperidine rings is 1. The standard InChI is InChI=1S/C26H31NO3S/c1-29-23-16-21-19(15-24(23)31-2)14-22-20-10-6-7-11-26(20,21)12-13-27(22)25(28)30-17-18-8-4-3-5-9-18/h3-5,8-9,15-16,20,22H,6-7,10-14,17H2,1-2H3/t20-,22+,26+/m1/s1. The summed E-state index contributed by atoms with van der Waals surface area (Å²) in [4.78, 5) is 16.4. The summed E-state index contributed by atoms with van der Waals surface area (Å²) in [5.41, 5.74) is 4.09. The third-order valence-electron chi connectivity index (χ3n) is 7.78. The molecule has 5 heteroatoms. The Labute approximate surface area is 189 Å². The third-order valence-corrected chi connectivity index (χ3v) is 8.53. The molecular formula is C26H31NO3S. The first-order valence-electron chi connectivity index (χ1n) is 11.4. The van der Waals surface area contributed by atoms with Crippen LogP contribution in [-0.4, -0.2) is 36.9 Å². The Morgan fingerprint density at radius 3 is 2.81 bits per heavy atom. The largest absolute Gasteiger partial charge is 0.496 e. The van der Waals surface area contributed by atoms with Crippen molar-refractivity contribution in [2.75, 3.05) is 19.9 Å². The maximum Gasteiger partial charge on any atom is 0.410 e. The molecule has 4 nitrogen and oxygen atoms in total. The van der Waals surface area contributed by atoms with Crippen molar-refractivity contribution < 1.29 is 14.3 Å². The number of nitrogens with zero attached hydrogens (tertiary/aromatic N) is 1. The molecule has 1 saturated carbocycles. The minimum Gasteiger partial charge on any atom is -0.496 e. The lowest BCUT2D eigenvalue weighted by atomic mass is 9.52. The van der Waals surface area contributed by atoms with Gasteiger partial charge in [0.2, 0.25) is 0 Å². The average molecular weight is 438 g/mol. The fourth-order valence-corrected chi connectivity index (χ4v) is 6.97. The molecule has 0 radical (unpaired) electrons. The predicted octanol–water partition coefficient (Wildman–Crippen LogP) is 5.81. The molecule has 5 rings (SSSR count). The second-order valence-electron chi connectivity index (χ2n) is 9.13. The lowest BCUT2D eigenvalue weighted by molar-refractivity contribution is -0.0138. The van der Waals surface area contributed by atoms with Gasteiger partial charge < -0.3 is 14.4 Å². The molecule has 1 aliphatic heterocycles. The summed E-state index contributed by atoms with van der Waals surface area (Å²) in [6.45, 7) is 1.12. The van der Waals surface area contributed by atoms with Crippen LogP contribution in [0, 0.1) is 5.92 Å². The van der Waals surface area contributed by atoms with E-state index >= 15 is 0 Å². The molecule has 3 aliphatic rings. The lowest BCUT2D eigenvalue weighted by Gasteiger charge is -2.58. The molecule has 31 heavy (non-hydrogen) atoms. The summed E-state index contributed by atoms with van der Waals surface area (Å²) in [6, 6.07) is 14.8. The number of likely N-dealkylation sites (tertiary alicyclic amines) is 1. The number of amides is 1. The molecule has 2 aromatic rings. The maximum absolute atomic E-state index is 13.2. The Bertz CT molecular complexity index is 963. The van der Waals surface area contributed by atoms with E-state index in [1.165, 1.54) is 41.7 Å². The highest BCUT2D eigenvalue weighted by Crippen LogP contribution is 2.57. The van der Waals surface area contributed by atoms with E-state index in [1.54, 1.807) is 18.9 Å². The summed E-state index contributed by atoms with van der Waals surface area (Å²) in [5, 5.41) is 0. The van der Waals surface area contributed by atoms with Gasteiger partial charge >= 0.3 is 6.09 Å². The molecular weight excluding hydrogens is 406 g/mol. The highest BCUT2D eigenvalue weighted by Gasteiger charge is 2.55. The summed E-state index contributed by atoms with van der Waals surface area (Å²) in [7, 11) is 1.77. The van der Waals surface area contributed by atoms with Gasteiger partial charge in [0.15, 0.2) is 0 Å². The van der Waals surface area contributed by atoms with E-state index in [9.17, 15) is 4.79 Å². The quantitative estimate of drug-likeness (QED) is 0.566. The van der Waals surface area contributed by atoms with Crippen molar-refractivity contribution in [3.8, 4) is 5.75 Å². The van der Waals surface area contributed by atoms with Crippen LogP contribution in [0.4, 0.5) is 4.79 Å². The number of methoxy groups -OCH3 is 1. The third kappa shape index (κ3) is 3.51. The van der Waals surface area contributed by atoms with Crippen molar-refractivity contribution in [1.82, 2.24) is 4.90 Å². The number of fused-ring (bicyclic) bond motifs is 1. The fourth-order valence-electron chi connectivity index (χ4n) is 6.37. The van der Waals surface area contributed by atoms with Crippen molar-refractivity contribution in [3.05, 3.63) is 59.2 Å². The van der Waals surface area contributed by atoms with Crippen LogP contribution in [0.3, 0.4) is 0 Å². The molecule has 3 atom stereocenters. The van der Waals surface area contributed by atoms with Gasteiger partial charge in [-0.1, -0.05) is 43.2 Å². The van der Waals surface area contributed by atoms with Gasteiger partial charge in [-0.2, -0.15) is 0 Å². The van der Waals surface area contributed by atoms with Gasteiger partial charge in [0, 0.05) is 22.9 Å². The first-order valence-corrected chi connectivity index (χ1v) is 12.6. The highest BCUT2D eigenvalue weighted by atomic mass is 32.2. The molecule has 164 valence electrons. The summed E-state index contributed by atoms with van der Waals surface area (Å²) >= 11 is 1.73. The summed E-state index contributed by atoms with van der Waals surface area (Å²) in [5.74, 6) is 1.50. The highest BCUT2D eigenvalue weighted by molar-refractivity contribution is 7.98. The van der Waals surface area contributed by atoms with E-state index in [0.717, 1.165) is 30.7 Å². The van der Waals surface area contributed by atoms with Gasteiger partial charge in [-0.15, -0.1) is 11.8 Å². The van der Waals surface area contributed by atoms with Gasteiger partial charge in [0.1, 0.15) is 12.4 Å². The van der Waals surface area contributed by atoms with Crippen molar-refractivity contribution >= 4 is 17.9 Å². The molecule has 1 heterocycles. The number of carbonyl (C=O) groups is 1. The fraction of sp³-hybridized carbons (Fsp3) is 0.500. The Balaban J connectivity index is 1.45. The van der Waals surface area contributed by atoms with Crippen molar-refractivity contribution in [2.45, 2.75) is 61.5 Å². The van der Waals surface area contributed by atoms with Crippen molar-refractivity contribution in [3.63, 3.8) is 0 Å². The van der Waals surface area contributed by atoms with Gasteiger partial charge in [-0.3, -0.25) is 0 Å². The number of rotatable bonds is 4. The van der Waals surface area contributed by atoms with Crippen LogP contribution < -0.4 is 4.74 Å². The average Bonchev–Trinajstić information content (AvgIpc) is 2.82. The summed E-state index contributed by atoms with van der Waals surface area (Å²) < 4.78 is 11.5. The van der Waals surface area contributed by atoms with Crippen LogP contribution in [-0.2, 0) is 23.2 Å². The van der Waals surface area contributed by atoms with E-state index < -0.39 is 0 Å². The maximum atomic E-state index is 13.2. The van der Waals surface area contributed by atoms with E-state index in [1.807, 2.05) is 35.2 Å². The first-order chi connectivity index (χ1) is 15.2. The Morgan fingerprint density at radius 2 is 2.03 bits per heavy atom. The molecule has 2 fully saturated rings. The van der Waals surface area contributed by atoms with E-state index in [4.69, 9.17) is 9.47 Å². The predicted molar refractivity (Wildman–Crippen MR) is 124 cm³/mol. The van der Waals surface area contributed by atoms with Crippen LogP contribution in [0.25, 0.3) is 0 Å². The number of hydrogen-bond donors (Lipinski definition) is 0. The second kappa shape index (κ2) is 8.42. The molecule has 0 spiro atoms. The van der Waals surface area contributed by atoms with Crippen molar-refractivity contribution in [2.24, 2.45) is 5.92 Å². The van der Waals surface area contributed by atoms with Gasteiger partial charge in [-0.05, 0) is 66.7 Å². The van der Waals surface area contributed by atoms with Gasteiger partial charge in [0.05, 0.1) is 7.11 Å². The Morgan fingerprint density at radius 1 is 1.19 bits per heavy atom. The smallest absolute Gasteiger partial charge is 0.410 e.